The maximum Gasteiger partial charge on any atom is 0.207 e. The van der Waals surface area contributed by atoms with Crippen molar-refractivity contribution in [1.82, 2.24) is 0 Å². The molecule has 0 saturated carbocycles. The van der Waals surface area contributed by atoms with Crippen molar-refractivity contribution in [2.24, 2.45) is 0 Å². The summed E-state index contributed by atoms with van der Waals surface area (Å²) in [5.74, 6) is 1.87. The second-order valence-corrected chi connectivity index (χ2v) is 3.08. The second kappa shape index (κ2) is 6.24. The quantitative estimate of drug-likeness (QED) is 0.727. The zero-order valence-electron chi connectivity index (χ0n) is 9.69. The topological polar surface area (TPSA) is 79.2 Å². The lowest BCUT2D eigenvalue weighted by atomic mass is 10.2. The second-order valence-electron chi connectivity index (χ2n) is 3.08. The summed E-state index contributed by atoms with van der Waals surface area (Å²) in [7, 11) is 2.99. The van der Waals surface area contributed by atoms with Crippen molar-refractivity contribution in [3.63, 3.8) is 0 Å². The Bertz CT molecular complexity index is 489. The van der Waals surface area contributed by atoms with Crippen molar-refractivity contribution >= 4 is 6.08 Å². The largest absolute Gasteiger partial charge is 0.490 e. The SMILES string of the molecule is COc1c(/C=C/C#N)oc(CCC#N)c1OC. The highest BCUT2D eigenvalue weighted by molar-refractivity contribution is 5.60. The Hall–Kier alpha value is -2.40. The van der Waals surface area contributed by atoms with Gasteiger partial charge in [-0.2, -0.15) is 10.5 Å². The molecule has 0 aliphatic heterocycles. The molecule has 17 heavy (non-hydrogen) atoms. The van der Waals surface area contributed by atoms with Gasteiger partial charge in [0.1, 0.15) is 0 Å². The maximum absolute atomic E-state index is 8.55. The zero-order chi connectivity index (χ0) is 12.7. The first-order chi connectivity index (χ1) is 8.28. The minimum atomic E-state index is 0.328. The third-order valence-corrected chi connectivity index (χ3v) is 2.10. The Labute approximate surface area is 99.5 Å². The Balaban J connectivity index is 3.15. The third-order valence-electron chi connectivity index (χ3n) is 2.10. The van der Waals surface area contributed by atoms with Crippen LogP contribution >= 0.6 is 0 Å². The van der Waals surface area contributed by atoms with E-state index in [0.717, 1.165) is 0 Å². The van der Waals surface area contributed by atoms with Gasteiger partial charge in [-0.25, -0.2) is 0 Å². The van der Waals surface area contributed by atoms with Gasteiger partial charge in [-0.1, -0.05) is 0 Å². The van der Waals surface area contributed by atoms with Crippen LogP contribution in [0.3, 0.4) is 0 Å². The van der Waals surface area contributed by atoms with Crippen LogP contribution in [0, 0.1) is 22.7 Å². The molecule has 0 radical (unpaired) electrons. The van der Waals surface area contributed by atoms with Gasteiger partial charge in [-0.05, 0) is 6.08 Å². The van der Waals surface area contributed by atoms with E-state index in [-0.39, 0.29) is 0 Å². The van der Waals surface area contributed by atoms with Crippen LogP contribution in [0.4, 0.5) is 0 Å². The predicted molar refractivity (Wildman–Crippen MR) is 60.4 cm³/mol. The van der Waals surface area contributed by atoms with Crippen molar-refractivity contribution in [1.29, 1.82) is 10.5 Å². The number of furan rings is 1. The number of nitriles is 2. The molecule has 5 nitrogen and oxygen atoms in total. The van der Waals surface area contributed by atoms with Gasteiger partial charge in [0.2, 0.25) is 11.5 Å². The van der Waals surface area contributed by atoms with Crippen LogP contribution in [0.25, 0.3) is 6.08 Å². The molecule has 0 unspecified atom stereocenters. The molecule has 1 heterocycles. The van der Waals surface area contributed by atoms with Gasteiger partial charge in [0.25, 0.3) is 0 Å². The summed E-state index contributed by atoms with van der Waals surface area (Å²) < 4.78 is 15.8. The normalized spacial score (nSPS) is 9.88. The number of hydrogen-bond acceptors (Lipinski definition) is 5. The lowest BCUT2D eigenvalue weighted by Crippen LogP contribution is -1.90. The number of aryl methyl sites for hydroxylation is 1. The summed E-state index contributed by atoms with van der Waals surface area (Å²) in [6.07, 6.45) is 3.55. The number of rotatable bonds is 5. The van der Waals surface area contributed by atoms with E-state index >= 15 is 0 Å². The smallest absolute Gasteiger partial charge is 0.207 e. The highest BCUT2D eigenvalue weighted by Gasteiger charge is 2.20. The fourth-order valence-electron chi connectivity index (χ4n) is 1.42. The lowest BCUT2D eigenvalue weighted by Gasteiger charge is -2.01. The molecule has 0 aliphatic carbocycles. The molecule has 0 fully saturated rings. The summed E-state index contributed by atoms with van der Waals surface area (Å²) in [5, 5.41) is 17.0. The van der Waals surface area contributed by atoms with Gasteiger partial charge < -0.3 is 13.9 Å². The van der Waals surface area contributed by atoms with E-state index in [1.807, 2.05) is 12.1 Å². The van der Waals surface area contributed by atoms with Crippen LogP contribution in [0.2, 0.25) is 0 Å². The zero-order valence-corrected chi connectivity index (χ0v) is 9.69. The maximum atomic E-state index is 8.55. The molecule has 1 aromatic heterocycles. The molecule has 5 heteroatoms. The molecule has 0 amide bonds. The summed E-state index contributed by atoms with van der Waals surface area (Å²) in [5.41, 5.74) is 0. The first-order valence-corrected chi connectivity index (χ1v) is 4.95. The molecule has 0 bridgehead atoms. The van der Waals surface area contributed by atoms with Crippen LogP contribution in [0.1, 0.15) is 17.9 Å². The molecule has 0 N–H and O–H groups in total. The number of methoxy groups -OCH3 is 2. The minimum absolute atomic E-state index is 0.328. The van der Waals surface area contributed by atoms with Gasteiger partial charge in [0.15, 0.2) is 11.5 Å². The molecule has 88 valence electrons. The third kappa shape index (κ3) is 2.79. The summed E-state index contributed by atoms with van der Waals surface area (Å²) in [4.78, 5) is 0. The predicted octanol–water partition coefficient (Wildman–Crippen LogP) is 2.29. The minimum Gasteiger partial charge on any atom is -0.490 e. The molecule has 0 atom stereocenters. The highest BCUT2D eigenvalue weighted by Crippen LogP contribution is 2.39. The van der Waals surface area contributed by atoms with Crippen molar-refractivity contribution in [2.75, 3.05) is 14.2 Å². The molecular weight excluding hydrogens is 220 g/mol. The van der Waals surface area contributed by atoms with E-state index in [1.165, 1.54) is 26.4 Å². The highest BCUT2D eigenvalue weighted by atomic mass is 16.5. The first kappa shape index (κ1) is 12.7. The van der Waals surface area contributed by atoms with E-state index < -0.39 is 0 Å². The molecule has 0 saturated heterocycles. The molecular formula is C12H12N2O3. The molecule has 1 rings (SSSR count). The van der Waals surface area contributed by atoms with Crippen LogP contribution < -0.4 is 9.47 Å². The van der Waals surface area contributed by atoms with Crippen molar-refractivity contribution < 1.29 is 13.9 Å². The Morgan fingerprint density at radius 1 is 1.24 bits per heavy atom. The van der Waals surface area contributed by atoms with Gasteiger partial charge in [0.05, 0.1) is 26.4 Å². The fraction of sp³-hybridized carbons (Fsp3) is 0.333. The summed E-state index contributed by atoms with van der Waals surface area (Å²) >= 11 is 0. The molecule has 1 aromatic rings. The van der Waals surface area contributed by atoms with E-state index in [4.69, 9.17) is 24.4 Å². The number of hydrogen-bond donors (Lipinski definition) is 0. The Morgan fingerprint density at radius 2 is 1.94 bits per heavy atom. The number of nitrogens with zero attached hydrogens (tertiary/aromatic N) is 2. The van der Waals surface area contributed by atoms with Crippen LogP contribution in [0.5, 0.6) is 11.5 Å². The van der Waals surface area contributed by atoms with E-state index in [0.29, 0.717) is 35.9 Å². The standard InChI is InChI=1S/C12H12N2O3/c1-15-11-9(5-3-7-13)17-10(6-4-8-14)12(11)16-2/h3,5H,4,6H2,1-2H3/b5-3+. The van der Waals surface area contributed by atoms with Gasteiger partial charge >= 0.3 is 0 Å². The van der Waals surface area contributed by atoms with Crippen molar-refractivity contribution in [3.05, 3.63) is 17.6 Å². The monoisotopic (exact) mass is 232 g/mol. The van der Waals surface area contributed by atoms with E-state index in [2.05, 4.69) is 0 Å². The molecule has 0 aliphatic rings. The van der Waals surface area contributed by atoms with Crippen LogP contribution in [-0.4, -0.2) is 14.2 Å². The van der Waals surface area contributed by atoms with E-state index in [1.54, 1.807) is 0 Å². The average molecular weight is 232 g/mol. The van der Waals surface area contributed by atoms with Crippen molar-refractivity contribution in [3.8, 4) is 23.6 Å². The Morgan fingerprint density at radius 3 is 2.47 bits per heavy atom. The fourth-order valence-corrected chi connectivity index (χ4v) is 1.42. The molecule has 0 spiro atoms. The van der Waals surface area contributed by atoms with Gasteiger partial charge in [-0.3, -0.25) is 0 Å². The van der Waals surface area contributed by atoms with Gasteiger partial charge in [0, 0.05) is 18.9 Å². The van der Waals surface area contributed by atoms with Crippen LogP contribution in [-0.2, 0) is 6.42 Å². The number of allylic oxidation sites excluding steroid dienone is 1. The Kier molecular flexibility index (Phi) is 4.65. The molecule has 0 aromatic carbocycles. The van der Waals surface area contributed by atoms with Crippen LogP contribution in [0.15, 0.2) is 10.5 Å². The van der Waals surface area contributed by atoms with Crippen molar-refractivity contribution in [2.45, 2.75) is 12.8 Å². The van der Waals surface area contributed by atoms with Gasteiger partial charge in [-0.15, -0.1) is 0 Å². The average Bonchev–Trinajstić information content (AvgIpc) is 2.70. The number of ether oxygens (including phenoxy) is 2. The summed E-state index contributed by atoms with van der Waals surface area (Å²) in [6.45, 7) is 0. The van der Waals surface area contributed by atoms with E-state index in [9.17, 15) is 0 Å². The lowest BCUT2D eigenvalue weighted by molar-refractivity contribution is 0.354. The summed E-state index contributed by atoms with van der Waals surface area (Å²) in [6, 6.07) is 3.90. The first-order valence-electron chi connectivity index (χ1n) is 4.95.